The van der Waals surface area contributed by atoms with Gasteiger partial charge in [-0.1, -0.05) is 12.1 Å². The Labute approximate surface area is 123 Å². The van der Waals surface area contributed by atoms with Crippen LogP contribution in [-0.4, -0.2) is 35.2 Å². The monoisotopic (exact) mass is 287 g/mol. The fourth-order valence-electron chi connectivity index (χ4n) is 1.93. The van der Waals surface area contributed by atoms with Crippen molar-refractivity contribution in [3.05, 3.63) is 47.3 Å². The van der Waals surface area contributed by atoms with Crippen LogP contribution >= 0.6 is 0 Å². The Balaban J connectivity index is 2.15. The van der Waals surface area contributed by atoms with E-state index < -0.39 is 5.97 Å². The van der Waals surface area contributed by atoms with E-state index in [0.29, 0.717) is 18.2 Å². The van der Waals surface area contributed by atoms with E-state index in [4.69, 9.17) is 9.84 Å². The van der Waals surface area contributed by atoms with Gasteiger partial charge in [0.2, 0.25) is 5.88 Å². The molecular formula is C15H17N3O3. The van der Waals surface area contributed by atoms with Gasteiger partial charge < -0.3 is 14.7 Å². The van der Waals surface area contributed by atoms with Gasteiger partial charge in [0, 0.05) is 19.7 Å². The molecule has 0 unspecified atom stereocenters. The zero-order valence-electron chi connectivity index (χ0n) is 12.2. The second kappa shape index (κ2) is 6.21. The summed E-state index contributed by atoms with van der Waals surface area (Å²) in [5, 5.41) is 8.88. The number of hydrogen-bond acceptors (Lipinski definition) is 5. The van der Waals surface area contributed by atoms with E-state index in [1.165, 1.54) is 0 Å². The van der Waals surface area contributed by atoms with Crippen LogP contribution in [0, 0.1) is 6.92 Å². The Bertz CT molecular complexity index is 641. The summed E-state index contributed by atoms with van der Waals surface area (Å²) in [4.78, 5) is 21.3. The molecule has 0 amide bonds. The highest BCUT2D eigenvalue weighted by Crippen LogP contribution is 2.18. The Morgan fingerprint density at radius 2 is 1.95 bits per heavy atom. The van der Waals surface area contributed by atoms with Gasteiger partial charge in [0.05, 0.1) is 12.7 Å². The largest absolute Gasteiger partial charge is 0.481 e. The first-order valence-electron chi connectivity index (χ1n) is 6.42. The lowest BCUT2D eigenvalue weighted by molar-refractivity contribution is 0.0697. The molecule has 0 saturated carbocycles. The molecule has 6 nitrogen and oxygen atoms in total. The Morgan fingerprint density at radius 1 is 1.29 bits per heavy atom. The molecule has 0 aliphatic carbocycles. The summed E-state index contributed by atoms with van der Waals surface area (Å²) in [6.45, 7) is 2.42. The molecule has 0 aliphatic heterocycles. The Morgan fingerprint density at radius 3 is 2.52 bits per heavy atom. The molecule has 0 fully saturated rings. The summed E-state index contributed by atoms with van der Waals surface area (Å²) < 4.78 is 5.14. The topological polar surface area (TPSA) is 75.5 Å². The van der Waals surface area contributed by atoms with Crippen molar-refractivity contribution in [3.8, 4) is 5.88 Å². The minimum absolute atomic E-state index is 0.279. The van der Waals surface area contributed by atoms with E-state index in [-0.39, 0.29) is 5.56 Å². The van der Waals surface area contributed by atoms with Crippen LogP contribution in [0.4, 0.5) is 5.82 Å². The summed E-state index contributed by atoms with van der Waals surface area (Å²) in [5.41, 5.74) is 1.28. The number of nitrogens with zero attached hydrogens (tertiary/aromatic N) is 3. The number of anilines is 1. The van der Waals surface area contributed by atoms with Crippen molar-refractivity contribution in [2.24, 2.45) is 0 Å². The zero-order valence-corrected chi connectivity index (χ0v) is 12.2. The van der Waals surface area contributed by atoms with Crippen molar-refractivity contribution in [1.29, 1.82) is 0 Å². The lowest BCUT2D eigenvalue weighted by Crippen LogP contribution is -2.18. The van der Waals surface area contributed by atoms with Gasteiger partial charge >= 0.3 is 5.97 Å². The maximum atomic E-state index is 10.8. The van der Waals surface area contributed by atoms with E-state index in [1.807, 2.05) is 18.9 Å². The molecule has 110 valence electrons. The first-order valence-corrected chi connectivity index (χ1v) is 6.42. The van der Waals surface area contributed by atoms with E-state index in [2.05, 4.69) is 9.97 Å². The number of aromatic nitrogens is 2. The molecule has 2 rings (SSSR count). The molecule has 0 bridgehead atoms. The van der Waals surface area contributed by atoms with Crippen molar-refractivity contribution in [1.82, 2.24) is 9.97 Å². The van der Waals surface area contributed by atoms with Crippen LogP contribution in [0.2, 0.25) is 0 Å². The molecule has 0 aliphatic rings. The van der Waals surface area contributed by atoms with Crippen molar-refractivity contribution in [2.45, 2.75) is 13.5 Å². The smallest absolute Gasteiger partial charge is 0.335 e. The van der Waals surface area contributed by atoms with E-state index in [1.54, 1.807) is 37.4 Å². The zero-order chi connectivity index (χ0) is 15.4. The third-order valence-corrected chi connectivity index (χ3v) is 3.02. The molecule has 1 N–H and O–H groups in total. The van der Waals surface area contributed by atoms with Gasteiger partial charge in [-0.3, -0.25) is 0 Å². The van der Waals surface area contributed by atoms with E-state index >= 15 is 0 Å². The predicted octanol–water partition coefficient (Wildman–Crippen LogP) is 2.13. The molecule has 1 aromatic heterocycles. The fourth-order valence-corrected chi connectivity index (χ4v) is 1.93. The number of aryl methyl sites for hydroxylation is 1. The van der Waals surface area contributed by atoms with E-state index in [0.717, 1.165) is 11.4 Å². The van der Waals surface area contributed by atoms with Crippen LogP contribution in [0.25, 0.3) is 0 Å². The lowest BCUT2D eigenvalue weighted by Gasteiger charge is -2.19. The molecule has 0 atom stereocenters. The molecule has 2 aromatic rings. The number of methoxy groups -OCH3 is 1. The molecule has 0 saturated heterocycles. The normalized spacial score (nSPS) is 10.2. The van der Waals surface area contributed by atoms with Crippen molar-refractivity contribution in [2.75, 3.05) is 19.1 Å². The number of rotatable bonds is 5. The number of carbonyl (C=O) groups is 1. The highest BCUT2D eigenvalue weighted by molar-refractivity contribution is 5.87. The summed E-state index contributed by atoms with van der Waals surface area (Å²) >= 11 is 0. The number of aromatic carboxylic acids is 1. The minimum Gasteiger partial charge on any atom is -0.481 e. The SMILES string of the molecule is COc1cc(N(C)Cc2ccc(C(=O)O)cc2)nc(C)n1. The molecular weight excluding hydrogens is 270 g/mol. The average Bonchev–Trinajstić information content (AvgIpc) is 2.47. The number of carboxylic acids is 1. The van der Waals surface area contributed by atoms with Crippen LogP contribution in [0.1, 0.15) is 21.7 Å². The Hall–Kier alpha value is -2.63. The summed E-state index contributed by atoms with van der Waals surface area (Å²) in [6, 6.07) is 8.55. The van der Waals surface area contributed by atoms with Crippen LogP contribution in [-0.2, 0) is 6.54 Å². The summed E-state index contributed by atoms with van der Waals surface area (Å²) in [7, 11) is 3.47. The quantitative estimate of drug-likeness (QED) is 0.908. The molecule has 0 radical (unpaired) electrons. The Kier molecular flexibility index (Phi) is 4.37. The van der Waals surface area contributed by atoms with Crippen molar-refractivity contribution in [3.63, 3.8) is 0 Å². The number of benzene rings is 1. The molecule has 21 heavy (non-hydrogen) atoms. The third kappa shape index (κ3) is 3.68. The lowest BCUT2D eigenvalue weighted by atomic mass is 10.1. The summed E-state index contributed by atoms with van der Waals surface area (Å²) in [6.07, 6.45) is 0. The minimum atomic E-state index is -0.925. The number of carboxylic acid groups (broad SMARTS) is 1. The number of hydrogen-bond donors (Lipinski definition) is 1. The van der Waals surface area contributed by atoms with Gasteiger partial charge in [-0.15, -0.1) is 0 Å². The first kappa shape index (κ1) is 14.8. The van der Waals surface area contributed by atoms with Crippen LogP contribution in [0.15, 0.2) is 30.3 Å². The molecule has 6 heteroatoms. The molecule has 1 aromatic carbocycles. The van der Waals surface area contributed by atoms with Crippen molar-refractivity contribution >= 4 is 11.8 Å². The standard InChI is InChI=1S/C15H17N3O3/c1-10-16-13(8-14(17-10)21-3)18(2)9-11-4-6-12(7-5-11)15(19)20/h4-8H,9H2,1-3H3,(H,19,20). The van der Waals surface area contributed by atoms with Crippen LogP contribution in [0.5, 0.6) is 5.88 Å². The predicted molar refractivity (Wildman–Crippen MR) is 78.8 cm³/mol. The molecule has 0 spiro atoms. The number of ether oxygens (including phenoxy) is 1. The van der Waals surface area contributed by atoms with Crippen LogP contribution in [0.3, 0.4) is 0 Å². The average molecular weight is 287 g/mol. The van der Waals surface area contributed by atoms with Gasteiger partial charge in [0.25, 0.3) is 0 Å². The maximum absolute atomic E-state index is 10.8. The van der Waals surface area contributed by atoms with Gasteiger partial charge in [0.1, 0.15) is 11.6 Å². The van der Waals surface area contributed by atoms with Gasteiger partial charge in [-0.2, -0.15) is 4.98 Å². The third-order valence-electron chi connectivity index (χ3n) is 3.02. The van der Waals surface area contributed by atoms with E-state index in [9.17, 15) is 4.79 Å². The van der Waals surface area contributed by atoms with Gasteiger partial charge in [-0.25, -0.2) is 9.78 Å². The highest BCUT2D eigenvalue weighted by Gasteiger charge is 2.08. The van der Waals surface area contributed by atoms with Gasteiger partial charge in [0.15, 0.2) is 0 Å². The maximum Gasteiger partial charge on any atom is 0.335 e. The van der Waals surface area contributed by atoms with Crippen molar-refractivity contribution < 1.29 is 14.6 Å². The first-order chi connectivity index (χ1) is 9.99. The van der Waals surface area contributed by atoms with Crippen LogP contribution < -0.4 is 9.64 Å². The second-order valence-electron chi connectivity index (χ2n) is 4.67. The second-order valence-corrected chi connectivity index (χ2v) is 4.67. The molecule has 1 heterocycles. The summed E-state index contributed by atoms with van der Waals surface area (Å²) in [5.74, 6) is 0.982. The fraction of sp³-hybridized carbons (Fsp3) is 0.267. The highest BCUT2D eigenvalue weighted by atomic mass is 16.5. The van der Waals surface area contributed by atoms with Gasteiger partial charge in [-0.05, 0) is 24.6 Å².